The Morgan fingerprint density at radius 2 is 2.07 bits per heavy atom. The normalized spacial score (nSPS) is 19.2. The second-order valence-electron chi connectivity index (χ2n) is 7.54. The molecule has 2 atom stereocenters. The molecule has 4 N–H and O–H groups in total. The van der Waals surface area contributed by atoms with E-state index in [9.17, 15) is 9.18 Å². The van der Waals surface area contributed by atoms with E-state index in [0.29, 0.717) is 25.0 Å². The number of guanidine groups is 1. The molecule has 28 heavy (non-hydrogen) atoms. The maximum Gasteiger partial charge on any atom is 0.222 e. The number of amides is 1. The van der Waals surface area contributed by atoms with Crippen LogP contribution >= 0.6 is 0 Å². The van der Waals surface area contributed by atoms with E-state index < -0.39 is 5.92 Å². The van der Waals surface area contributed by atoms with Crippen LogP contribution in [0.5, 0.6) is 0 Å². The summed E-state index contributed by atoms with van der Waals surface area (Å²) in [5, 5.41) is 6.48. The number of halogens is 1. The highest BCUT2D eigenvalue weighted by atomic mass is 19.1. The van der Waals surface area contributed by atoms with E-state index in [4.69, 9.17) is 5.73 Å². The summed E-state index contributed by atoms with van der Waals surface area (Å²) in [4.78, 5) is 18.5. The molecule has 1 fully saturated rings. The number of primary amides is 1. The van der Waals surface area contributed by atoms with Gasteiger partial charge in [0.1, 0.15) is 5.82 Å². The lowest BCUT2D eigenvalue weighted by molar-refractivity contribution is -0.121. The number of hydrogen-bond acceptors (Lipinski definition) is 3. The Labute approximate surface area is 167 Å². The molecule has 0 radical (unpaired) electrons. The molecule has 1 saturated heterocycles. The first-order valence-corrected chi connectivity index (χ1v) is 10.2. The molecule has 1 amide bonds. The van der Waals surface area contributed by atoms with E-state index in [-0.39, 0.29) is 11.7 Å². The Bertz CT molecular complexity index is 634. The summed E-state index contributed by atoms with van der Waals surface area (Å²) in [6, 6.07) is 6.82. The highest BCUT2D eigenvalue weighted by Gasteiger charge is 2.18. The summed E-state index contributed by atoms with van der Waals surface area (Å²) in [5.74, 6) is -0.400. The van der Waals surface area contributed by atoms with Crippen molar-refractivity contribution in [1.29, 1.82) is 0 Å². The SMILES string of the molecule is CN=C(NCCCN1CCCCC1C)NCC(Cc1ccc(F)cc1)C(N)=O. The van der Waals surface area contributed by atoms with Crippen molar-refractivity contribution in [2.24, 2.45) is 16.6 Å². The Morgan fingerprint density at radius 1 is 1.32 bits per heavy atom. The molecule has 1 aromatic carbocycles. The predicted molar refractivity (Wildman–Crippen MR) is 112 cm³/mol. The molecule has 0 saturated carbocycles. The third-order valence-corrected chi connectivity index (χ3v) is 5.39. The number of rotatable bonds is 9. The lowest BCUT2D eigenvalue weighted by Crippen LogP contribution is -2.44. The minimum absolute atomic E-state index is 0.291. The van der Waals surface area contributed by atoms with Crippen molar-refractivity contribution in [3.8, 4) is 0 Å². The second-order valence-corrected chi connectivity index (χ2v) is 7.54. The molecule has 7 heteroatoms. The average Bonchev–Trinajstić information content (AvgIpc) is 2.69. The van der Waals surface area contributed by atoms with Crippen LogP contribution in [0.4, 0.5) is 4.39 Å². The summed E-state index contributed by atoms with van der Waals surface area (Å²) in [6.07, 6.45) is 5.43. The lowest BCUT2D eigenvalue weighted by atomic mass is 9.98. The van der Waals surface area contributed by atoms with Gasteiger partial charge in [0.05, 0.1) is 5.92 Å². The van der Waals surface area contributed by atoms with Crippen molar-refractivity contribution >= 4 is 11.9 Å². The number of aliphatic imine (C=N–C) groups is 1. The first-order valence-electron chi connectivity index (χ1n) is 10.2. The molecule has 2 unspecified atom stereocenters. The van der Waals surface area contributed by atoms with E-state index >= 15 is 0 Å². The van der Waals surface area contributed by atoms with Crippen LogP contribution in [0.25, 0.3) is 0 Å². The van der Waals surface area contributed by atoms with Crippen LogP contribution < -0.4 is 16.4 Å². The number of nitrogens with two attached hydrogens (primary N) is 1. The summed E-state index contributed by atoms with van der Waals surface area (Å²) in [6.45, 7) is 5.78. The minimum Gasteiger partial charge on any atom is -0.369 e. The molecule has 0 aliphatic carbocycles. The Morgan fingerprint density at radius 3 is 2.71 bits per heavy atom. The number of piperidine rings is 1. The van der Waals surface area contributed by atoms with Gasteiger partial charge in [0, 0.05) is 32.7 Å². The topological polar surface area (TPSA) is 82.8 Å². The average molecular weight is 392 g/mol. The number of carbonyl (C=O) groups is 1. The predicted octanol–water partition coefficient (Wildman–Crippen LogP) is 1.90. The first kappa shape index (κ1) is 22.1. The molecule has 0 aromatic heterocycles. The van der Waals surface area contributed by atoms with Crippen molar-refractivity contribution in [2.75, 3.05) is 33.2 Å². The number of hydrogen-bond donors (Lipinski definition) is 3. The third-order valence-electron chi connectivity index (χ3n) is 5.39. The van der Waals surface area contributed by atoms with Crippen LogP contribution in [0.1, 0.15) is 38.2 Å². The van der Waals surface area contributed by atoms with Gasteiger partial charge < -0.3 is 21.3 Å². The van der Waals surface area contributed by atoms with Gasteiger partial charge in [-0.2, -0.15) is 0 Å². The van der Waals surface area contributed by atoms with Gasteiger partial charge in [-0.15, -0.1) is 0 Å². The number of likely N-dealkylation sites (tertiary alicyclic amines) is 1. The minimum atomic E-state index is -0.391. The summed E-state index contributed by atoms with van der Waals surface area (Å²) >= 11 is 0. The van der Waals surface area contributed by atoms with Gasteiger partial charge in [-0.25, -0.2) is 4.39 Å². The first-order chi connectivity index (χ1) is 13.5. The van der Waals surface area contributed by atoms with Crippen molar-refractivity contribution in [3.05, 3.63) is 35.6 Å². The molecule has 6 nitrogen and oxygen atoms in total. The van der Waals surface area contributed by atoms with Crippen molar-refractivity contribution in [2.45, 2.75) is 45.1 Å². The third kappa shape index (κ3) is 7.46. The highest BCUT2D eigenvalue weighted by Crippen LogP contribution is 2.16. The van der Waals surface area contributed by atoms with E-state index in [1.54, 1.807) is 19.2 Å². The van der Waals surface area contributed by atoms with E-state index in [1.807, 2.05) is 0 Å². The largest absolute Gasteiger partial charge is 0.369 e. The van der Waals surface area contributed by atoms with Crippen molar-refractivity contribution in [3.63, 3.8) is 0 Å². The maximum absolute atomic E-state index is 13.0. The zero-order valence-corrected chi connectivity index (χ0v) is 17.1. The second kappa shape index (κ2) is 11.6. The van der Waals surface area contributed by atoms with Gasteiger partial charge >= 0.3 is 0 Å². The molecule has 1 heterocycles. The zero-order chi connectivity index (χ0) is 20.4. The number of nitrogens with one attached hydrogen (secondary N) is 2. The molecule has 0 bridgehead atoms. The summed E-state index contributed by atoms with van der Waals surface area (Å²) in [5.41, 5.74) is 6.42. The smallest absolute Gasteiger partial charge is 0.222 e. The van der Waals surface area contributed by atoms with Gasteiger partial charge in [0.2, 0.25) is 5.91 Å². The van der Waals surface area contributed by atoms with Crippen LogP contribution in [-0.4, -0.2) is 56.0 Å². The van der Waals surface area contributed by atoms with Crippen LogP contribution in [0.15, 0.2) is 29.3 Å². The van der Waals surface area contributed by atoms with Gasteiger partial charge in [-0.3, -0.25) is 9.79 Å². The fourth-order valence-corrected chi connectivity index (χ4v) is 3.60. The van der Waals surface area contributed by atoms with Gasteiger partial charge in [-0.1, -0.05) is 18.6 Å². The monoisotopic (exact) mass is 391 g/mol. The molecule has 1 aliphatic rings. The number of benzene rings is 1. The number of nitrogens with zero attached hydrogens (tertiary/aromatic N) is 2. The molecule has 156 valence electrons. The van der Waals surface area contributed by atoms with Crippen LogP contribution in [0.3, 0.4) is 0 Å². The van der Waals surface area contributed by atoms with Crippen molar-refractivity contribution < 1.29 is 9.18 Å². The molecule has 1 aromatic rings. The Hall–Kier alpha value is -2.15. The fraction of sp³-hybridized carbons (Fsp3) is 0.619. The van der Waals surface area contributed by atoms with Crippen LogP contribution in [0.2, 0.25) is 0 Å². The standard InChI is InChI=1S/C21H34FN5O/c1-16-6-3-4-12-27(16)13-5-11-25-21(24-2)26-15-18(20(23)28)14-17-7-9-19(22)10-8-17/h7-10,16,18H,3-6,11-15H2,1-2H3,(H2,23,28)(H2,24,25,26). The Balaban J connectivity index is 1.72. The van der Waals surface area contributed by atoms with Gasteiger partial charge in [0.15, 0.2) is 5.96 Å². The van der Waals surface area contributed by atoms with E-state index in [2.05, 4.69) is 27.4 Å². The summed E-state index contributed by atoms with van der Waals surface area (Å²) < 4.78 is 13.0. The molecular formula is C21H34FN5O. The molecular weight excluding hydrogens is 357 g/mol. The van der Waals surface area contributed by atoms with E-state index in [0.717, 1.165) is 25.1 Å². The highest BCUT2D eigenvalue weighted by molar-refractivity contribution is 5.81. The quantitative estimate of drug-likeness (QED) is 0.341. The van der Waals surface area contributed by atoms with Gasteiger partial charge in [0.25, 0.3) is 0 Å². The fourth-order valence-electron chi connectivity index (χ4n) is 3.60. The zero-order valence-electron chi connectivity index (χ0n) is 17.1. The molecule has 2 rings (SSSR count). The maximum atomic E-state index is 13.0. The molecule has 1 aliphatic heterocycles. The summed E-state index contributed by atoms with van der Waals surface area (Å²) in [7, 11) is 1.71. The van der Waals surface area contributed by atoms with Gasteiger partial charge in [-0.05, 0) is 56.8 Å². The Kier molecular flexibility index (Phi) is 9.20. The van der Waals surface area contributed by atoms with Crippen molar-refractivity contribution in [1.82, 2.24) is 15.5 Å². The number of carbonyl (C=O) groups excluding carboxylic acids is 1. The lowest BCUT2D eigenvalue weighted by Gasteiger charge is -2.33. The molecule has 0 spiro atoms. The van der Waals surface area contributed by atoms with Crippen LogP contribution in [0, 0.1) is 11.7 Å². The van der Waals surface area contributed by atoms with Crippen LogP contribution in [-0.2, 0) is 11.2 Å². The van der Waals surface area contributed by atoms with E-state index in [1.165, 1.54) is 37.9 Å².